The summed E-state index contributed by atoms with van der Waals surface area (Å²) in [7, 11) is 2.07. The van der Waals surface area contributed by atoms with Crippen LogP contribution >= 0.6 is 11.6 Å². The third-order valence-corrected chi connectivity index (χ3v) is 11.2. The summed E-state index contributed by atoms with van der Waals surface area (Å²) < 4.78 is 0. The monoisotopic (exact) mass is 469 g/mol. The molecule has 5 nitrogen and oxygen atoms in total. The molecule has 1 aliphatic heterocycles. The minimum absolute atomic E-state index is 0.0479. The first-order chi connectivity index (χ1) is 15.7. The zero-order valence-corrected chi connectivity index (χ0v) is 20.8. The van der Waals surface area contributed by atoms with Crippen LogP contribution in [0.2, 0.25) is 5.15 Å². The number of nitrogens with zero attached hydrogens (tertiary/aromatic N) is 2. The highest BCUT2D eigenvalue weighted by atomic mass is 35.5. The van der Waals surface area contributed by atoms with E-state index in [-0.39, 0.29) is 22.7 Å². The molecule has 1 aromatic rings. The van der Waals surface area contributed by atoms with Crippen LogP contribution in [0.25, 0.3) is 0 Å². The molecule has 178 valence electrons. The number of amides is 2. The van der Waals surface area contributed by atoms with Gasteiger partial charge in [0, 0.05) is 37.3 Å². The molecule has 2 amide bonds. The summed E-state index contributed by atoms with van der Waals surface area (Å²) in [6.07, 6.45) is 11.6. The molecule has 4 saturated carbocycles. The number of halogens is 1. The molecule has 4 aliphatic carbocycles. The summed E-state index contributed by atoms with van der Waals surface area (Å²) in [4.78, 5) is 32.3. The number of carbonyl (C=O) groups is 2. The summed E-state index contributed by atoms with van der Waals surface area (Å²) in [6, 6.07) is 3.95. The van der Waals surface area contributed by atoms with Crippen LogP contribution in [0.5, 0.6) is 0 Å². The van der Waals surface area contributed by atoms with Crippen LogP contribution in [-0.2, 0) is 9.59 Å². The Labute approximate surface area is 202 Å². The summed E-state index contributed by atoms with van der Waals surface area (Å²) >= 11 is 6.04. The molecule has 0 bridgehead atoms. The van der Waals surface area contributed by atoms with Gasteiger partial charge in [0.2, 0.25) is 11.8 Å². The summed E-state index contributed by atoms with van der Waals surface area (Å²) in [5.74, 6) is 2.49. The molecule has 5 fully saturated rings. The zero-order valence-electron chi connectivity index (χ0n) is 20.1. The molecule has 0 radical (unpaired) electrons. The molecular formula is C27H36ClN3O2. The van der Waals surface area contributed by atoms with E-state index in [1.165, 1.54) is 25.7 Å². The molecule has 3 unspecified atom stereocenters. The van der Waals surface area contributed by atoms with Gasteiger partial charge in [-0.05, 0) is 97.5 Å². The van der Waals surface area contributed by atoms with Crippen LogP contribution in [0.3, 0.4) is 0 Å². The molecule has 1 N–H and O–H groups in total. The van der Waals surface area contributed by atoms with E-state index in [4.69, 9.17) is 11.6 Å². The number of hydrogen-bond acceptors (Lipinski definition) is 3. The predicted octanol–water partition coefficient (Wildman–Crippen LogP) is 5.54. The second-order valence-electron chi connectivity index (χ2n) is 12.4. The van der Waals surface area contributed by atoms with E-state index in [0.717, 1.165) is 31.4 Å². The molecule has 7 atom stereocenters. The van der Waals surface area contributed by atoms with E-state index in [2.05, 4.69) is 36.1 Å². The highest BCUT2D eigenvalue weighted by Crippen LogP contribution is 2.73. The fourth-order valence-electron chi connectivity index (χ4n) is 9.52. The van der Waals surface area contributed by atoms with Crippen molar-refractivity contribution in [3.8, 4) is 0 Å². The van der Waals surface area contributed by atoms with Gasteiger partial charge in [0.15, 0.2) is 0 Å². The quantitative estimate of drug-likeness (QED) is 0.578. The predicted molar refractivity (Wildman–Crippen MR) is 129 cm³/mol. The van der Waals surface area contributed by atoms with Crippen molar-refractivity contribution in [3.63, 3.8) is 0 Å². The van der Waals surface area contributed by atoms with Crippen LogP contribution in [0.4, 0.5) is 5.69 Å². The van der Waals surface area contributed by atoms with Gasteiger partial charge in [-0.1, -0.05) is 25.4 Å². The minimum atomic E-state index is 0.0479. The number of carbonyl (C=O) groups excluding carboxylic acids is 2. The van der Waals surface area contributed by atoms with Crippen molar-refractivity contribution in [2.45, 2.75) is 77.7 Å². The van der Waals surface area contributed by atoms with E-state index < -0.39 is 0 Å². The Morgan fingerprint density at radius 3 is 2.61 bits per heavy atom. The van der Waals surface area contributed by atoms with Crippen molar-refractivity contribution in [1.82, 2.24) is 9.88 Å². The first-order valence-corrected chi connectivity index (χ1v) is 13.2. The van der Waals surface area contributed by atoms with E-state index in [0.29, 0.717) is 46.7 Å². The maximum atomic E-state index is 13.4. The van der Waals surface area contributed by atoms with Crippen molar-refractivity contribution in [2.75, 3.05) is 12.4 Å². The van der Waals surface area contributed by atoms with E-state index >= 15 is 0 Å². The van der Waals surface area contributed by atoms with Gasteiger partial charge in [-0.25, -0.2) is 4.98 Å². The van der Waals surface area contributed by atoms with Crippen LogP contribution < -0.4 is 5.32 Å². The normalized spacial score (nSPS) is 43.0. The SMILES string of the molecule is CN1C(=O)CC[C@]2(C)C3CC[C@]4(C)[C@@H](C(=O)Nc5ccnc(Cl)c5)CC[C@H]4C3CC3(CC3)C12. The van der Waals surface area contributed by atoms with Crippen molar-refractivity contribution in [1.29, 1.82) is 0 Å². The highest BCUT2D eigenvalue weighted by Gasteiger charge is 2.70. The molecule has 0 aromatic carbocycles. The molecule has 1 aromatic heterocycles. The van der Waals surface area contributed by atoms with Crippen LogP contribution in [0, 0.1) is 39.9 Å². The Balaban J connectivity index is 1.28. The van der Waals surface area contributed by atoms with Crippen molar-refractivity contribution in [2.24, 2.45) is 39.9 Å². The molecule has 2 heterocycles. The number of fused-ring (bicyclic) bond motifs is 6. The van der Waals surface area contributed by atoms with Crippen LogP contribution in [0.15, 0.2) is 18.3 Å². The lowest BCUT2D eigenvalue weighted by molar-refractivity contribution is -0.173. The maximum absolute atomic E-state index is 13.4. The first kappa shape index (κ1) is 21.9. The Bertz CT molecular complexity index is 1010. The first-order valence-electron chi connectivity index (χ1n) is 12.9. The van der Waals surface area contributed by atoms with Gasteiger partial charge in [0.25, 0.3) is 0 Å². The number of anilines is 1. The molecule has 6 rings (SSSR count). The van der Waals surface area contributed by atoms with Crippen molar-refractivity contribution in [3.05, 3.63) is 23.5 Å². The van der Waals surface area contributed by atoms with Crippen molar-refractivity contribution >= 4 is 29.1 Å². The number of piperidine rings is 1. The van der Waals surface area contributed by atoms with Crippen LogP contribution in [0.1, 0.15) is 71.6 Å². The van der Waals surface area contributed by atoms with E-state index in [1.54, 1.807) is 12.3 Å². The molecule has 6 heteroatoms. The van der Waals surface area contributed by atoms with Gasteiger partial charge in [-0.15, -0.1) is 0 Å². The number of rotatable bonds is 2. The number of hydrogen-bond donors (Lipinski definition) is 1. The lowest BCUT2D eigenvalue weighted by atomic mass is 9.44. The number of nitrogens with one attached hydrogen (secondary N) is 1. The Morgan fingerprint density at radius 1 is 1.12 bits per heavy atom. The summed E-state index contributed by atoms with van der Waals surface area (Å²) in [6.45, 7) is 4.90. The third-order valence-electron chi connectivity index (χ3n) is 11.0. The largest absolute Gasteiger partial charge is 0.342 e. The zero-order chi connectivity index (χ0) is 23.2. The fraction of sp³-hybridized carbons (Fsp3) is 0.741. The van der Waals surface area contributed by atoms with E-state index in [9.17, 15) is 9.59 Å². The lowest BCUT2D eigenvalue weighted by Gasteiger charge is -2.64. The number of likely N-dealkylation sites (tertiary alicyclic amines) is 1. The Hall–Kier alpha value is -1.62. The topological polar surface area (TPSA) is 62.3 Å². The maximum Gasteiger partial charge on any atom is 0.228 e. The molecule has 33 heavy (non-hydrogen) atoms. The smallest absolute Gasteiger partial charge is 0.228 e. The van der Waals surface area contributed by atoms with Gasteiger partial charge in [0.05, 0.1) is 0 Å². The molecule has 1 spiro atoms. The van der Waals surface area contributed by atoms with Gasteiger partial charge < -0.3 is 10.2 Å². The third kappa shape index (κ3) is 3.06. The fourth-order valence-corrected chi connectivity index (χ4v) is 9.70. The van der Waals surface area contributed by atoms with E-state index in [1.807, 2.05) is 6.07 Å². The second kappa shape index (κ2) is 7.19. The van der Waals surface area contributed by atoms with Gasteiger partial charge in [-0.3, -0.25) is 9.59 Å². The van der Waals surface area contributed by atoms with Gasteiger partial charge in [0.1, 0.15) is 5.15 Å². The average molecular weight is 470 g/mol. The highest BCUT2D eigenvalue weighted by molar-refractivity contribution is 6.29. The molecular weight excluding hydrogens is 434 g/mol. The average Bonchev–Trinajstić information content (AvgIpc) is 3.42. The molecule has 1 saturated heterocycles. The molecule has 5 aliphatic rings. The Morgan fingerprint density at radius 2 is 1.88 bits per heavy atom. The van der Waals surface area contributed by atoms with Gasteiger partial charge in [-0.2, -0.15) is 0 Å². The van der Waals surface area contributed by atoms with Crippen molar-refractivity contribution < 1.29 is 9.59 Å². The van der Waals surface area contributed by atoms with Gasteiger partial charge >= 0.3 is 0 Å². The minimum Gasteiger partial charge on any atom is -0.342 e. The summed E-state index contributed by atoms with van der Waals surface area (Å²) in [5.41, 5.74) is 1.34. The second-order valence-corrected chi connectivity index (χ2v) is 12.8. The number of aromatic nitrogens is 1. The van der Waals surface area contributed by atoms with Crippen LogP contribution in [-0.4, -0.2) is 34.8 Å². The number of pyridine rings is 1. The lowest BCUT2D eigenvalue weighted by Crippen LogP contribution is -2.65. The Kier molecular flexibility index (Phi) is 4.77. The summed E-state index contributed by atoms with van der Waals surface area (Å²) in [5, 5.41) is 3.54. The standard InChI is InChI=1S/C27H36ClN3O2/c1-25-9-6-19-17(15-27(11-12-27)24-26(19,2)10-7-22(32)31(24)3)18(25)4-5-20(25)23(33)30-16-8-13-29-21(28)14-16/h8,13-14,17-20,24H,4-7,9-12,15H2,1-3H3,(H,29,30,33)/t17?,18-,19?,20+,24?,25-,26+/m0/s1.